The van der Waals surface area contributed by atoms with Gasteiger partial charge in [-0.05, 0) is 18.9 Å². The maximum atomic E-state index is 11.6. The molecule has 1 heterocycles. The highest BCUT2D eigenvalue weighted by atomic mass is 16.5. The fraction of sp³-hybridized carbons (Fsp3) is 0.846. The molecule has 3 N–H and O–H groups in total. The molecule has 2 amide bonds. The van der Waals surface area contributed by atoms with Gasteiger partial charge >= 0.3 is 12.0 Å². The second-order valence-electron chi connectivity index (χ2n) is 5.27. The SMILES string of the molecule is CC(C)C(NC(=O)NCCCN1CCOCC1)C(=O)O. The number of ether oxygens (including phenoxy) is 1. The molecule has 116 valence electrons. The fourth-order valence-corrected chi connectivity index (χ4v) is 2.04. The van der Waals surface area contributed by atoms with Gasteiger partial charge < -0.3 is 20.5 Å². The van der Waals surface area contributed by atoms with Crippen molar-refractivity contribution in [3.63, 3.8) is 0 Å². The molecule has 1 rings (SSSR count). The minimum atomic E-state index is -1.01. The molecule has 1 saturated heterocycles. The third kappa shape index (κ3) is 6.21. The summed E-state index contributed by atoms with van der Waals surface area (Å²) in [6.07, 6.45) is 0.840. The minimum Gasteiger partial charge on any atom is -0.480 e. The van der Waals surface area contributed by atoms with Crippen LogP contribution in [0, 0.1) is 5.92 Å². The van der Waals surface area contributed by atoms with E-state index in [4.69, 9.17) is 9.84 Å². The molecule has 1 fully saturated rings. The van der Waals surface area contributed by atoms with Crippen LogP contribution >= 0.6 is 0 Å². The van der Waals surface area contributed by atoms with Gasteiger partial charge in [0.1, 0.15) is 6.04 Å². The highest BCUT2D eigenvalue weighted by Crippen LogP contribution is 2.01. The van der Waals surface area contributed by atoms with E-state index in [0.29, 0.717) is 6.54 Å². The number of carboxylic acid groups (broad SMARTS) is 1. The molecule has 7 heteroatoms. The Labute approximate surface area is 119 Å². The summed E-state index contributed by atoms with van der Waals surface area (Å²) in [6.45, 7) is 8.37. The summed E-state index contributed by atoms with van der Waals surface area (Å²) in [5, 5.41) is 14.1. The van der Waals surface area contributed by atoms with E-state index in [0.717, 1.165) is 39.3 Å². The Morgan fingerprint density at radius 3 is 2.50 bits per heavy atom. The molecule has 0 aromatic rings. The molecule has 1 unspecified atom stereocenters. The summed E-state index contributed by atoms with van der Waals surface area (Å²) in [7, 11) is 0. The first-order chi connectivity index (χ1) is 9.50. The number of carbonyl (C=O) groups is 2. The van der Waals surface area contributed by atoms with Crippen molar-refractivity contribution in [2.75, 3.05) is 39.4 Å². The van der Waals surface area contributed by atoms with E-state index in [-0.39, 0.29) is 5.92 Å². The fourth-order valence-electron chi connectivity index (χ4n) is 2.04. The summed E-state index contributed by atoms with van der Waals surface area (Å²) >= 11 is 0. The zero-order valence-electron chi connectivity index (χ0n) is 12.2. The molecular formula is C13H25N3O4. The maximum Gasteiger partial charge on any atom is 0.326 e. The van der Waals surface area contributed by atoms with Gasteiger partial charge in [0.05, 0.1) is 13.2 Å². The van der Waals surface area contributed by atoms with Gasteiger partial charge in [-0.3, -0.25) is 4.90 Å². The first-order valence-electron chi connectivity index (χ1n) is 7.08. The number of rotatable bonds is 7. The van der Waals surface area contributed by atoms with Crippen molar-refractivity contribution >= 4 is 12.0 Å². The van der Waals surface area contributed by atoms with Crippen LogP contribution in [-0.4, -0.2) is 67.4 Å². The Balaban J connectivity index is 2.14. The lowest BCUT2D eigenvalue weighted by molar-refractivity contribution is -0.140. The molecular weight excluding hydrogens is 262 g/mol. The Hall–Kier alpha value is -1.34. The highest BCUT2D eigenvalue weighted by Gasteiger charge is 2.23. The van der Waals surface area contributed by atoms with Crippen LogP contribution < -0.4 is 10.6 Å². The predicted molar refractivity (Wildman–Crippen MR) is 74.7 cm³/mol. The molecule has 0 bridgehead atoms. The van der Waals surface area contributed by atoms with E-state index >= 15 is 0 Å². The van der Waals surface area contributed by atoms with Crippen molar-refractivity contribution in [1.29, 1.82) is 0 Å². The van der Waals surface area contributed by atoms with Crippen molar-refractivity contribution in [3.8, 4) is 0 Å². The molecule has 0 aromatic heterocycles. The zero-order valence-corrected chi connectivity index (χ0v) is 12.2. The normalized spacial score (nSPS) is 17.8. The first kappa shape index (κ1) is 16.7. The van der Waals surface area contributed by atoms with E-state index in [1.807, 2.05) is 0 Å². The topological polar surface area (TPSA) is 90.9 Å². The number of aliphatic carboxylic acids is 1. The molecule has 0 aliphatic carbocycles. The molecule has 7 nitrogen and oxygen atoms in total. The van der Waals surface area contributed by atoms with Crippen LogP contribution in [0.5, 0.6) is 0 Å². The van der Waals surface area contributed by atoms with Gasteiger partial charge in [-0.2, -0.15) is 0 Å². The minimum absolute atomic E-state index is 0.147. The van der Waals surface area contributed by atoms with Gasteiger partial charge in [-0.1, -0.05) is 13.8 Å². The third-order valence-electron chi connectivity index (χ3n) is 3.26. The summed E-state index contributed by atoms with van der Waals surface area (Å²) in [5.74, 6) is -1.16. The van der Waals surface area contributed by atoms with Crippen LogP contribution in [-0.2, 0) is 9.53 Å². The van der Waals surface area contributed by atoms with Crippen molar-refractivity contribution in [2.24, 2.45) is 5.92 Å². The molecule has 1 aliphatic heterocycles. The molecule has 20 heavy (non-hydrogen) atoms. The number of hydrogen-bond donors (Lipinski definition) is 3. The van der Waals surface area contributed by atoms with Crippen molar-refractivity contribution < 1.29 is 19.4 Å². The second kappa shape index (κ2) is 8.76. The van der Waals surface area contributed by atoms with Crippen LogP contribution in [0.3, 0.4) is 0 Å². The number of urea groups is 1. The summed E-state index contributed by atoms with van der Waals surface area (Å²) in [5.41, 5.74) is 0. The molecule has 0 radical (unpaired) electrons. The van der Waals surface area contributed by atoms with Crippen molar-refractivity contribution in [2.45, 2.75) is 26.3 Å². The number of morpholine rings is 1. The monoisotopic (exact) mass is 287 g/mol. The molecule has 0 aromatic carbocycles. The lowest BCUT2D eigenvalue weighted by Crippen LogP contribution is -2.49. The van der Waals surface area contributed by atoms with Gasteiger partial charge in [0.15, 0.2) is 0 Å². The number of carbonyl (C=O) groups excluding carboxylic acids is 1. The van der Waals surface area contributed by atoms with Gasteiger partial charge in [0.25, 0.3) is 0 Å². The summed E-state index contributed by atoms with van der Waals surface area (Å²) < 4.78 is 5.26. The van der Waals surface area contributed by atoms with E-state index in [1.54, 1.807) is 13.8 Å². The molecule has 1 aliphatic rings. The lowest BCUT2D eigenvalue weighted by Gasteiger charge is -2.26. The number of carboxylic acids is 1. The Bertz CT molecular complexity index is 317. The van der Waals surface area contributed by atoms with Gasteiger partial charge in [-0.25, -0.2) is 9.59 Å². The average Bonchev–Trinajstić information content (AvgIpc) is 2.41. The van der Waals surface area contributed by atoms with Crippen molar-refractivity contribution in [3.05, 3.63) is 0 Å². The molecule has 1 atom stereocenters. The Morgan fingerprint density at radius 2 is 1.95 bits per heavy atom. The van der Waals surface area contributed by atoms with Crippen LogP contribution in [0.2, 0.25) is 0 Å². The van der Waals surface area contributed by atoms with E-state index in [2.05, 4.69) is 15.5 Å². The largest absolute Gasteiger partial charge is 0.480 e. The number of amides is 2. The summed E-state index contributed by atoms with van der Waals surface area (Å²) in [6, 6.07) is -1.28. The first-order valence-corrected chi connectivity index (χ1v) is 7.08. The number of nitrogens with zero attached hydrogens (tertiary/aromatic N) is 1. The lowest BCUT2D eigenvalue weighted by atomic mass is 10.1. The quantitative estimate of drug-likeness (QED) is 0.578. The van der Waals surface area contributed by atoms with Crippen LogP contribution in [0.1, 0.15) is 20.3 Å². The number of nitrogens with one attached hydrogen (secondary N) is 2. The smallest absolute Gasteiger partial charge is 0.326 e. The van der Waals surface area contributed by atoms with E-state index < -0.39 is 18.0 Å². The van der Waals surface area contributed by atoms with Gasteiger partial charge in [0.2, 0.25) is 0 Å². The van der Waals surface area contributed by atoms with Crippen LogP contribution in [0.4, 0.5) is 4.79 Å². The maximum absolute atomic E-state index is 11.6. The van der Waals surface area contributed by atoms with Gasteiger partial charge in [0, 0.05) is 19.6 Å². The molecule has 0 spiro atoms. The zero-order chi connectivity index (χ0) is 15.0. The van der Waals surface area contributed by atoms with Crippen molar-refractivity contribution in [1.82, 2.24) is 15.5 Å². The number of hydrogen-bond acceptors (Lipinski definition) is 4. The third-order valence-corrected chi connectivity index (χ3v) is 3.26. The molecule has 0 saturated carbocycles. The Kier molecular flexibility index (Phi) is 7.32. The standard InChI is InChI=1S/C13H25N3O4/c1-10(2)11(12(17)18)15-13(19)14-4-3-5-16-6-8-20-9-7-16/h10-11H,3-9H2,1-2H3,(H,17,18)(H2,14,15,19). The van der Waals surface area contributed by atoms with Gasteiger partial charge in [-0.15, -0.1) is 0 Å². The Morgan fingerprint density at radius 1 is 1.30 bits per heavy atom. The predicted octanol–water partition coefficient (Wildman–Crippen LogP) is 0.117. The average molecular weight is 287 g/mol. The summed E-state index contributed by atoms with van der Waals surface area (Å²) in [4.78, 5) is 24.8. The second-order valence-corrected chi connectivity index (χ2v) is 5.27. The van der Waals surface area contributed by atoms with E-state index in [1.165, 1.54) is 0 Å². The van der Waals surface area contributed by atoms with E-state index in [9.17, 15) is 9.59 Å². The highest BCUT2D eigenvalue weighted by molar-refractivity contribution is 5.82. The van der Waals surface area contributed by atoms with Crippen LogP contribution in [0.15, 0.2) is 0 Å². The van der Waals surface area contributed by atoms with Crippen LogP contribution in [0.25, 0.3) is 0 Å².